The molecular formula is C14H9ClF3NO2S. The molecule has 0 fully saturated rings. The molecular weight excluding hydrogens is 339 g/mol. The van der Waals surface area contributed by atoms with Crippen molar-refractivity contribution in [2.45, 2.75) is 4.90 Å². The highest BCUT2D eigenvalue weighted by molar-refractivity contribution is 7.72. The summed E-state index contributed by atoms with van der Waals surface area (Å²) in [7, 11) is -2.90. The van der Waals surface area contributed by atoms with Crippen LogP contribution in [0.4, 0.5) is 18.9 Å². The summed E-state index contributed by atoms with van der Waals surface area (Å²) in [6, 6.07) is 5.62. The molecule has 0 aliphatic heterocycles. The Hall–Kier alpha value is -1.99. The molecule has 1 N–H and O–H groups in total. The lowest BCUT2D eigenvalue weighted by atomic mass is 10.1. The summed E-state index contributed by atoms with van der Waals surface area (Å²) in [5.74, 6) is -4.28. The van der Waals surface area contributed by atoms with Gasteiger partial charge in [-0.25, -0.2) is 21.6 Å². The minimum absolute atomic E-state index is 0.0477. The van der Waals surface area contributed by atoms with E-state index in [4.69, 9.17) is 11.6 Å². The highest BCUT2D eigenvalue weighted by Gasteiger charge is 2.12. The fourth-order valence-corrected chi connectivity index (χ4v) is 2.53. The van der Waals surface area contributed by atoms with Crippen LogP contribution in [0.3, 0.4) is 0 Å². The van der Waals surface area contributed by atoms with Crippen molar-refractivity contribution in [1.82, 2.24) is 0 Å². The van der Waals surface area contributed by atoms with Crippen LogP contribution in [0.25, 0.3) is 5.70 Å². The van der Waals surface area contributed by atoms with Gasteiger partial charge in [0.1, 0.15) is 0 Å². The zero-order valence-corrected chi connectivity index (χ0v) is 12.5. The summed E-state index contributed by atoms with van der Waals surface area (Å²) >= 11 is 5.74. The van der Waals surface area contributed by atoms with Crippen molar-refractivity contribution in [3.8, 4) is 0 Å². The number of benzene rings is 2. The van der Waals surface area contributed by atoms with Crippen LogP contribution in [0.1, 0.15) is 5.56 Å². The topological polar surface area (TPSA) is 46.2 Å². The second-order valence-corrected chi connectivity index (χ2v) is 5.68. The molecule has 0 unspecified atom stereocenters. The van der Waals surface area contributed by atoms with Crippen LogP contribution in [0.15, 0.2) is 41.8 Å². The summed E-state index contributed by atoms with van der Waals surface area (Å²) in [6.45, 7) is 3.64. The van der Waals surface area contributed by atoms with E-state index in [1.807, 2.05) is 0 Å². The molecule has 2 aromatic carbocycles. The Morgan fingerprint density at radius 3 is 2.23 bits per heavy atom. The van der Waals surface area contributed by atoms with E-state index in [2.05, 4.69) is 11.9 Å². The first-order chi connectivity index (χ1) is 10.3. The first-order valence-corrected chi connectivity index (χ1v) is 7.40. The maximum Gasteiger partial charge on any atom is 0.194 e. The number of rotatable bonds is 4. The molecule has 116 valence electrons. The predicted octanol–water partition coefficient (Wildman–Crippen LogP) is 3.81. The largest absolute Gasteiger partial charge is 0.355 e. The number of hydrogen-bond donors (Lipinski definition) is 2. The summed E-state index contributed by atoms with van der Waals surface area (Å²) in [5.41, 5.74) is 0.452. The molecule has 0 amide bonds. The lowest BCUT2D eigenvalue weighted by Crippen LogP contribution is -2.01. The van der Waals surface area contributed by atoms with Gasteiger partial charge in [-0.2, -0.15) is 0 Å². The van der Waals surface area contributed by atoms with Crippen LogP contribution in [0.5, 0.6) is 0 Å². The van der Waals surface area contributed by atoms with E-state index in [1.54, 1.807) is 0 Å². The number of thiol groups is 1. The minimum atomic E-state index is -2.90. The maximum atomic E-state index is 13.1. The Balaban J connectivity index is 2.32. The van der Waals surface area contributed by atoms with E-state index in [9.17, 15) is 21.6 Å². The molecule has 0 radical (unpaired) electrons. The van der Waals surface area contributed by atoms with Gasteiger partial charge in [-0.1, -0.05) is 24.2 Å². The van der Waals surface area contributed by atoms with Crippen LogP contribution >= 0.6 is 11.6 Å². The number of nitrogens with one attached hydrogen (secondary N) is 1. The fraction of sp³-hybridized carbons (Fsp3) is 0. The van der Waals surface area contributed by atoms with Gasteiger partial charge in [-0.3, -0.25) is 0 Å². The molecule has 22 heavy (non-hydrogen) atoms. The second-order valence-electron chi connectivity index (χ2n) is 4.28. The summed E-state index contributed by atoms with van der Waals surface area (Å²) in [5, 5.41) is 2.62. The molecule has 0 spiro atoms. The third kappa shape index (κ3) is 3.42. The van der Waals surface area contributed by atoms with E-state index >= 15 is 0 Å². The Labute approximate surface area is 131 Å². The van der Waals surface area contributed by atoms with Gasteiger partial charge in [0.05, 0.1) is 9.92 Å². The van der Waals surface area contributed by atoms with E-state index in [0.717, 1.165) is 12.1 Å². The normalized spacial score (nSPS) is 10.8. The van der Waals surface area contributed by atoms with Crippen LogP contribution < -0.4 is 5.32 Å². The van der Waals surface area contributed by atoms with Crippen LogP contribution in [-0.2, 0) is 10.7 Å². The first kappa shape index (κ1) is 16.4. The van der Waals surface area contributed by atoms with Crippen molar-refractivity contribution in [2.24, 2.45) is 0 Å². The maximum absolute atomic E-state index is 13.1. The molecule has 0 aliphatic carbocycles. The predicted molar refractivity (Wildman–Crippen MR) is 79.0 cm³/mol. The highest BCUT2D eigenvalue weighted by atomic mass is 35.5. The Morgan fingerprint density at radius 2 is 1.68 bits per heavy atom. The summed E-state index contributed by atoms with van der Waals surface area (Å²) in [4.78, 5) is -0.103. The van der Waals surface area contributed by atoms with Gasteiger partial charge in [-0.05, 0) is 17.7 Å². The third-order valence-electron chi connectivity index (χ3n) is 2.77. The monoisotopic (exact) mass is 347 g/mol. The smallest absolute Gasteiger partial charge is 0.194 e. The molecule has 2 aromatic rings. The van der Waals surface area contributed by atoms with E-state index in [0.29, 0.717) is 5.56 Å². The van der Waals surface area contributed by atoms with Gasteiger partial charge in [0.15, 0.2) is 28.2 Å². The number of halogens is 4. The van der Waals surface area contributed by atoms with Gasteiger partial charge >= 0.3 is 0 Å². The molecule has 0 aromatic heterocycles. The lowest BCUT2D eigenvalue weighted by Gasteiger charge is -2.11. The van der Waals surface area contributed by atoms with Crippen LogP contribution in [0, 0.1) is 17.5 Å². The van der Waals surface area contributed by atoms with E-state index < -0.39 is 28.2 Å². The van der Waals surface area contributed by atoms with Crippen molar-refractivity contribution < 1.29 is 21.6 Å². The third-order valence-corrected chi connectivity index (χ3v) is 4.00. The number of anilines is 1. The zero-order chi connectivity index (χ0) is 16.4. The standard InChI is InChI=1S/C14H9ClF3NO2S/c1-7(8-2-3-10(15)13(4-8)22(20)21)19-9-5-11(16)14(18)12(17)6-9/h2-6,19,22H,1H2. The fourth-order valence-electron chi connectivity index (χ4n) is 1.71. The molecule has 0 heterocycles. The average Bonchev–Trinajstić information content (AvgIpc) is 2.44. The van der Waals surface area contributed by atoms with Crippen molar-refractivity contribution in [1.29, 1.82) is 0 Å². The molecule has 2 rings (SSSR count). The Bertz CT molecular complexity index is 806. The van der Waals surface area contributed by atoms with E-state index in [1.165, 1.54) is 18.2 Å². The molecule has 0 saturated carbocycles. The van der Waals surface area contributed by atoms with Gasteiger partial charge in [0.25, 0.3) is 0 Å². The summed E-state index contributed by atoms with van der Waals surface area (Å²) < 4.78 is 61.2. The van der Waals surface area contributed by atoms with Gasteiger partial charge in [0.2, 0.25) is 0 Å². The van der Waals surface area contributed by atoms with Crippen molar-refractivity contribution in [3.63, 3.8) is 0 Å². The molecule has 0 atom stereocenters. The first-order valence-electron chi connectivity index (χ1n) is 5.84. The Kier molecular flexibility index (Phi) is 4.77. The summed E-state index contributed by atoms with van der Waals surface area (Å²) in [6.07, 6.45) is 0. The van der Waals surface area contributed by atoms with Gasteiger partial charge in [-0.15, -0.1) is 0 Å². The highest BCUT2D eigenvalue weighted by Crippen LogP contribution is 2.25. The van der Waals surface area contributed by atoms with Crippen molar-refractivity contribution >= 4 is 33.7 Å². The quantitative estimate of drug-likeness (QED) is 0.653. The average molecular weight is 348 g/mol. The van der Waals surface area contributed by atoms with Gasteiger partial charge in [0, 0.05) is 23.5 Å². The Morgan fingerprint density at radius 1 is 1.09 bits per heavy atom. The molecule has 0 aliphatic rings. The van der Waals surface area contributed by atoms with Crippen LogP contribution in [0.2, 0.25) is 5.02 Å². The second kappa shape index (κ2) is 6.41. The molecule has 3 nitrogen and oxygen atoms in total. The van der Waals surface area contributed by atoms with Gasteiger partial charge < -0.3 is 5.32 Å². The minimum Gasteiger partial charge on any atom is -0.355 e. The lowest BCUT2D eigenvalue weighted by molar-refractivity contribution is 0.448. The van der Waals surface area contributed by atoms with Crippen molar-refractivity contribution in [2.75, 3.05) is 5.32 Å². The number of hydrogen-bond acceptors (Lipinski definition) is 3. The molecule has 0 bridgehead atoms. The van der Waals surface area contributed by atoms with Crippen LogP contribution in [-0.4, -0.2) is 8.42 Å². The van der Waals surface area contributed by atoms with E-state index in [-0.39, 0.29) is 21.3 Å². The van der Waals surface area contributed by atoms with Crippen molar-refractivity contribution in [3.05, 3.63) is 64.9 Å². The SMILES string of the molecule is C=C(Nc1cc(F)c(F)c(F)c1)c1ccc(Cl)c([SH](=O)=O)c1. The molecule has 0 saturated heterocycles. The zero-order valence-electron chi connectivity index (χ0n) is 10.9. The molecule has 8 heteroatoms.